The van der Waals surface area contributed by atoms with Gasteiger partial charge in [0.15, 0.2) is 11.6 Å². The zero-order chi connectivity index (χ0) is 11.3. The quantitative estimate of drug-likeness (QED) is 0.813. The van der Waals surface area contributed by atoms with E-state index in [9.17, 15) is 8.78 Å². The largest absolute Gasteiger partial charge is 0.383 e. The van der Waals surface area contributed by atoms with Crippen molar-refractivity contribution < 1.29 is 13.5 Å². The Morgan fingerprint density at radius 2 is 2.13 bits per heavy atom. The van der Waals surface area contributed by atoms with Crippen LogP contribution in [0.3, 0.4) is 0 Å². The summed E-state index contributed by atoms with van der Waals surface area (Å²) in [7, 11) is 1.53. The van der Waals surface area contributed by atoms with E-state index in [-0.39, 0.29) is 6.04 Å². The fourth-order valence-electron chi connectivity index (χ4n) is 1.46. The van der Waals surface area contributed by atoms with Gasteiger partial charge in [-0.2, -0.15) is 0 Å². The molecule has 0 saturated heterocycles. The van der Waals surface area contributed by atoms with Crippen molar-refractivity contribution in [3.63, 3.8) is 0 Å². The Balaban J connectivity index is 2.94. The number of benzene rings is 1. The fourth-order valence-corrected chi connectivity index (χ4v) is 1.46. The first kappa shape index (κ1) is 12.1. The average molecular weight is 215 g/mol. The molecule has 0 spiro atoms. The molecule has 0 aliphatic heterocycles. The molecule has 0 fully saturated rings. The number of likely N-dealkylation sites (N-methyl/N-ethyl adjacent to an activating group) is 1. The van der Waals surface area contributed by atoms with E-state index in [1.54, 1.807) is 6.07 Å². The summed E-state index contributed by atoms with van der Waals surface area (Å²) in [5.41, 5.74) is 0.304. The molecule has 0 aliphatic carbocycles. The van der Waals surface area contributed by atoms with Gasteiger partial charge in [-0.1, -0.05) is 19.1 Å². The average Bonchev–Trinajstić information content (AvgIpc) is 2.22. The van der Waals surface area contributed by atoms with Crippen LogP contribution in [0.25, 0.3) is 0 Å². The highest BCUT2D eigenvalue weighted by atomic mass is 19.2. The van der Waals surface area contributed by atoms with E-state index in [1.165, 1.54) is 13.2 Å². The molecule has 1 unspecified atom stereocenters. The summed E-state index contributed by atoms with van der Waals surface area (Å²) in [6, 6.07) is 3.85. The summed E-state index contributed by atoms with van der Waals surface area (Å²) in [4.78, 5) is 0. The van der Waals surface area contributed by atoms with Gasteiger partial charge in [0.1, 0.15) is 0 Å². The van der Waals surface area contributed by atoms with E-state index < -0.39 is 11.6 Å². The zero-order valence-electron chi connectivity index (χ0n) is 8.89. The van der Waals surface area contributed by atoms with Crippen LogP contribution in [-0.4, -0.2) is 20.3 Å². The van der Waals surface area contributed by atoms with Crippen molar-refractivity contribution in [3.05, 3.63) is 35.4 Å². The predicted octanol–water partition coefficient (Wildman–Crippen LogP) is 2.26. The van der Waals surface area contributed by atoms with Gasteiger partial charge in [0.2, 0.25) is 0 Å². The fraction of sp³-hybridized carbons (Fsp3) is 0.455. The van der Waals surface area contributed by atoms with Crippen molar-refractivity contribution in [2.75, 3.05) is 20.3 Å². The van der Waals surface area contributed by atoms with Crippen LogP contribution in [0.15, 0.2) is 18.2 Å². The summed E-state index contributed by atoms with van der Waals surface area (Å²) in [6.45, 7) is 2.89. The van der Waals surface area contributed by atoms with Crippen LogP contribution in [0.5, 0.6) is 0 Å². The second-order valence-corrected chi connectivity index (χ2v) is 3.21. The number of ether oxygens (including phenoxy) is 1. The minimum absolute atomic E-state index is 0.304. The number of nitrogens with one attached hydrogen (secondary N) is 1. The summed E-state index contributed by atoms with van der Waals surface area (Å²) in [5, 5.41) is 3.04. The summed E-state index contributed by atoms with van der Waals surface area (Å²) < 4.78 is 31.4. The maximum absolute atomic E-state index is 13.4. The highest BCUT2D eigenvalue weighted by Gasteiger charge is 2.16. The van der Waals surface area contributed by atoms with Gasteiger partial charge in [0.25, 0.3) is 0 Å². The molecule has 84 valence electrons. The lowest BCUT2D eigenvalue weighted by Gasteiger charge is -2.18. The van der Waals surface area contributed by atoms with Crippen molar-refractivity contribution in [2.45, 2.75) is 13.0 Å². The minimum Gasteiger partial charge on any atom is -0.383 e. The van der Waals surface area contributed by atoms with Gasteiger partial charge in [-0.3, -0.25) is 0 Å². The van der Waals surface area contributed by atoms with E-state index in [0.717, 1.165) is 6.07 Å². The molecule has 1 atom stereocenters. The summed E-state index contributed by atoms with van der Waals surface area (Å²) in [6.07, 6.45) is 0. The number of hydrogen-bond donors (Lipinski definition) is 1. The molecule has 0 aliphatic rings. The lowest BCUT2D eigenvalue weighted by Crippen LogP contribution is -2.26. The van der Waals surface area contributed by atoms with Crippen molar-refractivity contribution in [1.29, 1.82) is 0 Å². The lowest BCUT2D eigenvalue weighted by atomic mass is 10.1. The minimum atomic E-state index is -0.827. The third-order valence-electron chi connectivity index (χ3n) is 2.14. The summed E-state index contributed by atoms with van der Waals surface area (Å²) >= 11 is 0. The number of halogens is 2. The molecule has 4 heteroatoms. The van der Waals surface area contributed by atoms with Crippen LogP contribution in [-0.2, 0) is 4.74 Å². The Hall–Kier alpha value is -1.00. The van der Waals surface area contributed by atoms with Gasteiger partial charge in [-0.15, -0.1) is 0 Å². The van der Waals surface area contributed by atoms with Gasteiger partial charge >= 0.3 is 0 Å². The topological polar surface area (TPSA) is 21.3 Å². The van der Waals surface area contributed by atoms with Crippen LogP contribution in [0.2, 0.25) is 0 Å². The van der Waals surface area contributed by atoms with Crippen LogP contribution < -0.4 is 5.32 Å². The maximum atomic E-state index is 13.4. The molecule has 15 heavy (non-hydrogen) atoms. The first-order valence-electron chi connectivity index (χ1n) is 4.87. The zero-order valence-corrected chi connectivity index (χ0v) is 8.89. The Labute approximate surface area is 88.3 Å². The Morgan fingerprint density at radius 3 is 2.73 bits per heavy atom. The second kappa shape index (κ2) is 5.78. The van der Waals surface area contributed by atoms with Gasteiger partial charge < -0.3 is 10.1 Å². The van der Waals surface area contributed by atoms with Crippen LogP contribution in [0.4, 0.5) is 8.78 Å². The molecule has 0 radical (unpaired) electrons. The molecule has 2 nitrogen and oxygen atoms in total. The van der Waals surface area contributed by atoms with Crippen molar-refractivity contribution in [2.24, 2.45) is 0 Å². The molecule has 1 aromatic rings. The molecule has 1 rings (SSSR count). The third kappa shape index (κ3) is 2.97. The number of hydrogen-bond acceptors (Lipinski definition) is 2. The first-order chi connectivity index (χ1) is 7.20. The van der Waals surface area contributed by atoms with E-state index in [1.807, 2.05) is 6.92 Å². The van der Waals surface area contributed by atoms with Crippen molar-refractivity contribution >= 4 is 0 Å². The smallest absolute Gasteiger partial charge is 0.163 e. The molecular formula is C11H15F2NO. The predicted molar refractivity (Wildman–Crippen MR) is 54.7 cm³/mol. The van der Waals surface area contributed by atoms with E-state index >= 15 is 0 Å². The highest BCUT2D eigenvalue weighted by molar-refractivity contribution is 5.22. The van der Waals surface area contributed by atoms with E-state index in [4.69, 9.17) is 4.74 Å². The van der Waals surface area contributed by atoms with Gasteiger partial charge in [0.05, 0.1) is 12.6 Å². The monoisotopic (exact) mass is 215 g/mol. The van der Waals surface area contributed by atoms with Gasteiger partial charge in [-0.05, 0) is 12.6 Å². The lowest BCUT2D eigenvalue weighted by molar-refractivity contribution is 0.166. The van der Waals surface area contributed by atoms with Crippen LogP contribution in [0, 0.1) is 11.6 Å². The number of methoxy groups -OCH3 is 1. The highest BCUT2D eigenvalue weighted by Crippen LogP contribution is 2.19. The molecule has 0 saturated carbocycles. The summed E-state index contributed by atoms with van der Waals surface area (Å²) in [5.74, 6) is -1.63. The van der Waals surface area contributed by atoms with Gasteiger partial charge in [0, 0.05) is 12.7 Å². The first-order valence-corrected chi connectivity index (χ1v) is 4.87. The van der Waals surface area contributed by atoms with Crippen LogP contribution >= 0.6 is 0 Å². The van der Waals surface area contributed by atoms with Crippen molar-refractivity contribution in [1.82, 2.24) is 5.32 Å². The van der Waals surface area contributed by atoms with E-state index in [0.29, 0.717) is 18.7 Å². The molecule has 1 N–H and O–H groups in total. The molecular weight excluding hydrogens is 200 g/mol. The van der Waals surface area contributed by atoms with E-state index in [2.05, 4.69) is 5.32 Å². The Bertz CT molecular complexity index is 311. The normalized spacial score (nSPS) is 12.8. The van der Waals surface area contributed by atoms with Crippen LogP contribution in [0.1, 0.15) is 18.5 Å². The molecule has 0 aromatic heterocycles. The Kier molecular flexibility index (Phi) is 4.65. The molecule has 0 heterocycles. The second-order valence-electron chi connectivity index (χ2n) is 3.21. The van der Waals surface area contributed by atoms with Crippen molar-refractivity contribution in [3.8, 4) is 0 Å². The Morgan fingerprint density at radius 1 is 1.40 bits per heavy atom. The molecule has 0 bridgehead atoms. The number of rotatable bonds is 5. The maximum Gasteiger partial charge on any atom is 0.163 e. The standard InChI is InChI=1S/C11H15F2NO/c1-3-14-10(7-15-2)8-5-4-6-9(12)11(8)13/h4-6,10,14H,3,7H2,1-2H3. The third-order valence-corrected chi connectivity index (χ3v) is 2.14. The van der Waals surface area contributed by atoms with Gasteiger partial charge in [-0.25, -0.2) is 8.78 Å². The molecule has 0 amide bonds. The SMILES string of the molecule is CCNC(COC)c1cccc(F)c1F. The molecule has 1 aromatic carbocycles.